The molecular weight excluding hydrogens is 184 g/mol. The molecule has 0 aromatic rings. The Hall–Kier alpha value is -1.28. The lowest BCUT2D eigenvalue weighted by molar-refractivity contribution is -0.136. The summed E-state index contributed by atoms with van der Waals surface area (Å²) in [5.41, 5.74) is 4.15. The van der Waals surface area contributed by atoms with E-state index in [9.17, 15) is 4.79 Å². The molecule has 0 unspecified atom stereocenters. The monoisotopic (exact) mass is 200 g/mol. The molecule has 5 nitrogen and oxygen atoms in total. The summed E-state index contributed by atoms with van der Waals surface area (Å²) in [6.07, 6.45) is 5.67. The van der Waals surface area contributed by atoms with Crippen LogP contribution in [0.4, 0.5) is 0 Å². The van der Waals surface area contributed by atoms with Crippen LogP contribution in [0.1, 0.15) is 25.7 Å². The Kier molecular flexibility index (Phi) is 7.56. The van der Waals surface area contributed by atoms with Crippen LogP contribution >= 0.6 is 0 Å². The molecule has 14 heavy (non-hydrogen) atoms. The van der Waals surface area contributed by atoms with Crippen LogP contribution in [0.25, 0.3) is 0 Å². The predicted molar refractivity (Wildman–Crippen MR) is 50.0 cm³/mol. The molecule has 1 aliphatic rings. The largest absolute Gasteiger partial charge is 0.465 e. The van der Waals surface area contributed by atoms with Gasteiger partial charge in [-0.3, -0.25) is 4.79 Å². The Morgan fingerprint density at radius 2 is 1.79 bits per heavy atom. The summed E-state index contributed by atoms with van der Waals surface area (Å²) in [5, 5.41) is 7.10. The van der Waals surface area contributed by atoms with Crippen molar-refractivity contribution in [2.75, 3.05) is 7.11 Å². The van der Waals surface area contributed by atoms with Gasteiger partial charge in [-0.1, -0.05) is 0 Å². The normalized spacial score (nSPS) is 25.1. The van der Waals surface area contributed by atoms with Crippen molar-refractivity contribution in [2.45, 2.75) is 37.9 Å². The van der Waals surface area contributed by atoms with Gasteiger partial charge in [0.1, 0.15) is 6.10 Å². The minimum atomic E-state index is 0.138. The number of ether oxygens (including phenoxy) is 2. The Bertz CT molecular complexity index is 183. The molecule has 0 spiro atoms. The lowest BCUT2D eigenvalue weighted by atomic mass is 9.95. The second kappa shape index (κ2) is 8.32. The summed E-state index contributed by atoms with van der Waals surface area (Å²) in [6, 6.07) is 0. The number of nitrogens with zero attached hydrogens (tertiary/aromatic N) is 1. The van der Waals surface area contributed by atoms with Crippen molar-refractivity contribution >= 4 is 6.47 Å². The molecule has 0 atom stereocenters. The Morgan fingerprint density at radius 1 is 1.36 bits per heavy atom. The lowest BCUT2D eigenvalue weighted by Crippen LogP contribution is -2.25. The van der Waals surface area contributed by atoms with Crippen LogP contribution in [0, 0.1) is 11.5 Å². The lowest BCUT2D eigenvalue weighted by Gasteiger charge is -2.25. The van der Waals surface area contributed by atoms with E-state index in [0.29, 0.717) is 12.6 Å². The number of hydrogen-bond acceptors (Lipinski definition) is 5. The van der Waals surface area contributed by atoms with Gasteiger partial charge in [-0.05, 0) is 25.7 Å². The van der Waals surface area contributed by atoms with E-state index < -0.39 is 0 Å². The molecule has 0 radical (unpaired) electrons. The third kappa shape index (κ3) is 5.38. The fourth-order valence-electron chi connectivity index (χ4n) is 1.48. The van der Waals surface area contributed by atoms with Crippen LogP contribution in [0.3, 0.4) is 0 Å². The number of carbonyl (C=O) groups is 1. The summed E-state index contributed by atoms with van der Waals surface area (Å²) in [5.74, 6) is 0. The molecule has 80 valence electrons. The molecule has 1 saturated carbocycles. The molecule has 2 N–H and O–H groups in total. The first kappa shape index (κ1) is 12.7. The molecule has 0 bridgehead atoms. The second-order valence-electron chi connectivity index (χ2n) is 3.00. The first-order chi connectivity index (χ1) is 6.78. The SMILES string of the molecule is COC1CCC(OC=O)CC1.N#CN. The van der Waals surface area contributed by atoms with E-state index >= 15 is 0 Å². The molecule has 0 aromatic heterocycles. The third-order valence-corrected chi connectivity index (χ3v) is 2.20. The zero-order chi connectivity index (χ0) is 10.8. The molecule has 0 saturated heterocycles. The highest BCUT2D eigenvalue weighted by Gasteiger charge is 2.21. The number of nitriles is 1. The smallest absolute Gasteiger partial charge is 0.293 e. The van der Waals surface area contributed by atoms with E-state index in [1.807, 2.05) is 0 Å². The minimum absolute atomic E-state index is 0.138. The van der Waals surface area contributed by atoms with Crippen molar-refractivity contribution in [1.29, 1.82) is 5.26 Å². The van der Waals surface area contributed by atoms with Crippen molar-refractivity contribution in [3.63, 3.8) is 0 Å². The quantitative estimate of drug-likeness (QED) is 0.408. The van der Waals surface area contributed by atoms with Crippen LogP contribution in [0.15, 0.2) is 0 Å². The van der Waals surface area contributed by atoms with Crippen LogP contribution in [0.2, 0.25) is 0 Å². The standard InChI is InChI=1S/C8H14O3.CH2N2/c1-10-7-2-4-8(5-3-7)11-6-9;2-1-3/h6-8H,2-5H2,1H3;2H2. The van der Waals surface area contributed by atoms with Gasteiger partial charge in [-0.25, -0.2) is 0 Å². The van der Waals surface area contributed by atoms with Crippen molar-refractivity contribution in [3.8, 4) is 6.19 Å². The fourth-order valence-corrected chi connectivity index (χ4v) is 1.48. The van der Waals surface area contributed by atoms with Gasteiger partial charge in [-0.15, -0.1) is 0 Å². The molecule has 5 heteroatoms. The van der Waals surface area contributed by atoms with Crippen LogP contribution in [-0.4, -0.2) is 25.8 Å². The number of methoxy groups -OCH3 is 1. The van der Waals surface area contributed by atoms with Gasteiger partial charge in [0, 0.05) is 7.11 Å². The van der Waals surface area contributed by atoms with Crippen molar-refractivity contribution in [2.24, 2.45) is 5.73 Å². The highest BCUT2D eigenvalue weighted by Crippen LogP contribution is 2.22. The van der Waals surface area contributed by atoms with Gasteiger partial charge in [0.2, 0.25) is 0 Å². The zero-order valence-electron chi connectivity index (χ0n) is 8.31. The van der Waals surface area contributed by atoms with Crippen molar-refractivity contribution in [3.05, 3.63) is 0 Å². The van der Waals surface area contributed by atoms with Gasteiger partial charge < -0.3 is 15.2 Å². The summed E-state index contributed by atoms with van der Waals surface area (Å²) in [4.78, 5) is 9.97. The Labute approximate surface area is 83.8 Å². The molecule has 1 fully saturated rings. The Morgan fingerprint density at radius 3 is 2.14 bits per heavy atom. The summed E-state index contributed by atoms with van der Waals surface area (Å²) in [7, 11) is 1.73. The third-order valence-electron chi connectivity index (χ3n) is 2.20. The van der Waals surface area contributed by atoms with Crippen LogP contribution in [-0.2, 0) is 14.3 Å². The first-order valence-corrected chi connectivity index (χ1v) is 4.50. The molecule has 0 aliphatic heterocycles. The molecule has 1 aliphatic carbocycles. The minimum Gasteiger partial charge on any atom is -0.465 e. The van der Waals surface area contributed by atoms with Gasteiger partial charge in [0.25, 0.3) is 6.47 Å². The van der Waals surface area contributed by atoms with E-state index in [2.05, 4.69) is 5.73 Å². The maximum absolute atomic E-state index is 9.97. The van der Waals surface area contributed by atoms with E-state index in [1.165, 1.54) is 6.19 Å². The fraction of sp³-hybridized carbons (Fsp3) is 0.778. The van der Waals surface area contributed by atoms with E-state index in [0.717, 1.165) is 25.7 Å². The van der Waals surface area contributed by atoms with Gasteiger partial charge in [0.15, 0.2) is 6.19 Å². The average Bonchev–Trinajstić information content (AvgIpc) is 2.21. The molecular formula is C9H16N2O3. The van der Waals surface area contributed by atoms with Crippen LogP contribution in [0.5, 0.6) is 0 Å². The number of hydrogen-bond donors (Lipinski definition) is 1. The second-order valence-corrected chi connectivity index (χ2v) is 3.00. The molecule has 1 rings (SSSR count). The molecule has 0 amide bonds. The van der Waals surface area contributed by atoms with Gasteiger partial charge in [0.05, 0.1) is 6.10 Å². The van der Waals surface area contributed by atoms with E-state index in [-0.39, 0.29) is 6.10 Å². The van der Waals surface area contributed by atoms with Crippen molar-refractivity contribution in [1.82, 2.24) is 0 Å². The van der Waals surface area contributed by atoms with E-state index in [1.54, 1.807) is 7.11 Å². The average molecular weight is 200 g/mol. The van der Waals surface area contributed by atoms with Gasteiger partial charge in [-0.2, -0.15) is 5.26 Å². The molecule has 0 heterocycles. The van der Waals surface area contributed by atoms with Crippen LogP contribution < -0.4 is 5.73 Å². The topological polar surface area (TPSA) is 85.3 Å². The number of rotatable bonds is 3. The van der Waals surface area contributed by atoms with Gasteiger partial charge >= 0.3 is 0 Å². The zero-order valence-corrected chi connectivity index (χ0v) is 8.31. The van der Waals surface area contributed by atoms with E-state index in [4.69, 9.17) is 14.7 Å². The number of nitrogens with two attached hydrogens (primary N) is 1. The molecule has 0 aromatic carbocycles. The van der Waals surface area contributed by atoms with Crippen molar-refractivity contribution < 1.29 is 14.3 Å². The highest BCUT2D eigenvalue weighted by atomic mass is 16.5. The summed E-state index contributed by atoms with van der Waals surface area (Å²) in [6.45, 7) is 0.539. The Balaban J connectivity index is 0.000000500. The summed E-state index contributed by atoms with van der Waals surface area (Å²) < 4.78 is 10.0. The number of carbonyl (C=O) groups excluding carboxylic acids is 1. The predicted octanol–water partition coefficient (Wildman–Crippen LogP) is 0.543. The summed E-state index contributed by atoms with van der Waals surface area (Å²) >= 11 is 0. The maximum Gasteiger partial charge on any atom is 0.293 e. The highest BCUT2D eigenvalue weighted by molar-refractivity contribution is 5.37. The maximum atomic E-state index is 9.97. The first-order valence-electron chi connectivity index (χ1n) is 4.50.